The average Bonchev–Trinajstić information content (AvgIpc) is 2.68. The van der Waals surface area contributed by atoms with Crippen LogP contribution in [0.3, 0.4) is 0 Å². The fraction of sp³-hybridized carbons (Fsp3) is 0.391. The Kier molecular flexibility index (Phi) is 6.59. The second kappa shape index (κ2) is 9.12. The van der Waals surface area contributed by atoms with Crippen LogP contribution in [0.4, 0.5) is 4.79 Å². The molecule has 4 nitrogen and oxygen atoms in total. The van der Waals surface area contributed by atoms with Crippen LogP contribution in [0.15, 0.2) is 48.5 Å². The molecule has 2 unspecified atom stereocenters. The van der Waals surface area contributed by atoms with Crippen molar-refractivity contribution in [2.75, 3.05) is 13.1 Å². The monoisotopic (exact) mass is 395 g/mol. The van der Waals surface area contributed by atoms with E-state index in [2.05, 4.69) is 25.2 Å². The third-order valence-corrected chi connectivity index (χ3v) is 6.04. The van der Waals surface area contributed by atoms with Crippen LogP contribution in [-0.4, -0.2) is 30.1 Å². The van der Waals surface area contributed by atoms with Gasteiger partial charge in [0.1, 0.15) is 0 Å². The molecule has 1 aliphatic rings. The van der Waals surface area contributed by atoms with Gasteiger partial charge in [0.25, 0.3) is 0 Å². The zero-order chi connectivity index (χ0) is 20.1. The standard InChI is InChI=1S/C23H26ClN3O/c1-3-21-11-12-27(21)23(28)26-15-22(19-6-4-5-17(13-19)14-25)16(2)18-7-9-20(24)10-8-18/h4-10,13,16,21-22H,3,11-12,15H2,1-2H3,(H,26,28)/t16?,21-,22?/m0/s1. The zero-order valence-corrected chi connectivity index (χ0v) is 17.1. The number of carbonyl (C=O) groups is 1. The molecule has 0 bridgehead atoms. The van der Waals surface area contributed by atoms with Crippen molar-refractivity contribution in [1.82, 2.24) is 10.2 Å². The molecule has 1 N–H and O–H groups in total. The SMILES string of the molecule is CC[C@H]1CCN1C(=O)NCC(c1cccc(C#N)c1)C(C)c1ccc(Cl)cc1. The summed E-state index contributed by atoms with van der Waals surface area (Å²) in [4.78, 5) is 14.5. The van der Waals surface area contributed by atoms with Crippen molar-refractivity contribution in [3.8, 4) is 6.07 Å². The fourth-order valence-electron chi connectivity index (χ4n) is 3.85. The predicted octanol–water partition coefficient (Wildman–Crippen LogP) is 5.29. The summed E-state index contributed by atoms with van der Waals surface area (Å²) in [6.07, 6.45) is 2.07. The zero-order valence-electron chi connectivity index (χ0n) is 16.4. The van der Waals surface area contributed by atoms with Crippen molar-refractivity contribution in [1.29, 1.82) is 5.26 Å². The van der Waals surface area contributed by atoms with E-state index in [1.54, 1.807) is 6.07 Å². The third kappa shape index (κ3) is 4.48. The van der Waals surface area contributed by atoms with E-state index in [9.17, 15) is 10.1 Å². The summed E-state index contributed by atoms with van der Waals surface area (Å²) in [6.45, 7) is 5.61. The topological polar surface area (TPSA) is 56.1 Å². The van der Waals surface area contributed by atoms with Crippen LogP contribution in [-0.2, 0) is 0 Å². The Bertz CT molecular complexity index is 857. The Morgan fingerprint density at radius 3 is 2.64 bits per heavy atom. The van der Waals surface area contributed by atoms with E-state index in [4.69, 9.17) is 11.6 Å². The first-order chi connectivity index (χ1) is 13.5. The maximum atomic E-state index is 12.6. The molecule has 146 valence electrons. The van der Waals surface area contributed by atoms with E-state index < -0.39 is 0 Å². The van der Waals surface area contributed by atoms with E-state index in [-0.39, 0.29) is 17.9 Å². The van der Waals surface area contributed by atoms with Crippen molar-refractivity contribution in [3.63, 3.8) is 0 Å². The number of nitrogens with one attached hydrogen (secondary N) is 1. The lowest BCUT2D eigenvalue weighted by Crippen LogP contribution is -2.55. The lowest BCUT2D eigenvalue weighted by Gasteiger charge is -2.40. The van der Waals surface area contributed by atoms with Crippen LogP contribution in [0.5, 0.6) is 0 Å². The molecular weight excluding hydrogens is 370 g/mol. The summed E-state index contributed by atoms with van der Waals surface area (Å²) < 4.78 is 0. The van der Waals surface area contributed by atoms with E-state index in [0.29, 0.717) is 23.2 Å². The Morgan fingerprint density at radius 1 is 1.29 bits per heavy atom. The van der Waals surface area contributed by atoms with Gasteiger partial charge in [-0.15, -0.1) is 0 Å². The van der Waals surface area contributed by atoms with Crippen LogP contribution in [0.2, 0.25) is 5.02 Å². The van der Waals surface area contributed by atoms with Crippen LogP contribution in [0.1, 0.15) is 55.2 Å². The maximum absolute atomic E-state index is 12.6. The normalized spacial score (nSPS) is 17.9. The second-order valence-corrected chi connectivity index (χ2v) is 7.85. The molecule has 0 radical (unpaired) electrons. The summed E-state index contributed by atoms with van der Waals surface area (Å²) in [5.74, 6) is 0.213. The van der Waals surface area contributed by atoms with Crippen LogP contribution in [0, 0.1) is 11.3 Å². The number of rotatable bonds is 6. The smallest absolute Gasteiger partial charge is 0.317 e. The van der Waals surface area contributed by atoms with Crippen molar-refractivity contribution in [2.45, 2.75) is 44.6 Å². The molecule has 3 atom stereocenters. The average molecular weight is 396 g/mol. The first-order valence-electron chi connectivity index (χ1n) is 9.83. The Hall–Kier alpha value is -2.51. The molecule has 0 aliphatic carbocycles. The van der Waals surface area contributed by atoms with Crippen molar-refractivity contribution in [3.05, 3.63) is 70.2 Å². The number of carbonyl (C=O) groups excluding carboxylic acids is 1. The van der Waals surface area contributed by atoms with Gasteiger partial charge in [-0.2, -0.15) is 5.26 Å². The molecule has 1 heterocycles. The number of amides is 2. The maximum Gasteiger partial charge on any atom is 0.317 e. The van der Waals surface area contributed by atoms with Crippen molar-refractivity contribution in [2.24, 2.45) is 0 Å². The number of nitrogens with zero attached hydrogens (tertiary/aromatic N) is 2. The molecule has 2 aromatic rings. The van der Waals surface area contributed by atoms with E-state index >= 15 is 0 Å². The van der Waals surface area contributed by atoms with Crippen LogP contribution in [0.25, 0.3) is 0 Å². The van der Waals surface area contributed by atoms with Gasteiger partial charge in [0, 0.05) is 30.1 Å². The third-order valence-electron chi connectivity index (χ3n) is 5.79. The number of hydrogen-bond acceptors (Lipinski definition) is 2. The molecule has 5 heteroatoms. The minimum Gasteiger partial charge on any atom is -0.337 e. The van der Waals surface area contributed by atoms with E-state index in [1.165, 1.54) is 0 Å². The highest BCUT2D eigenvalue weighted by Gasteiger charge is 2.31. The molecule has 28 heavy (non-hydrogen) atoms. The Labute approximate surface area is 172 Å². The highest BCUT2D eigenvalue weighted by atomic mass is 35.5. The quantitative estimate of drug-likeness (QED) is 0.722. The minimum atomic E-state index is 0.00263. The van der Waals surface area contributed by atoms with Crippen LogP contribution < -0.4 is 5.32 Å². The summed E-state index contributed by atoms with van der Waals surface area (Å²) in [7, 11) is 0. The molecule has 0 aromatic heterocycles. The molecule has 0 spiro atoms. The summed E-state index contributed by atoms with van der Waals surface area (Å²) in [6, 6.07) is 18.1. The van der Waals surface area contributed by atoms with Crippen molar-refractivity contribution < 1.29 is 4.79 Å². The van der Waals surface area contributed by atoms with Gasteiger partial charge in [0.15, 0.2) is 0 Å². The summed E-state index contributed by atoms with van der Waals surface area (Å²) >= 11 is 6.04. The Balaban J connectivity index is 1.80. The lowest BCUT2D eigenvalue weighted by atomic mass is 9.82. The van der Waals surface area contributed by atoms with E-state index in [1.807, 2.05) is 47.4 Å². The van der Waals surface area contributed by atoms with Gasteiger partial charge in [-0.3, -0.25) is 0 Å². The number of likely N-dealkylation sites (tertiary alicyclic amines) is 1. The first-order valence-corrected chi connectivity index (χ1v) is 10.2. The largest absolute Gasteiger partial charge is 0.337 e. The van der Waals surface area contributed by atoms with Gasteiger partial charge in [-0.1, -0.05) is 49.7 Å². The molecule has 0 saturated carbocycles. The fourth-order valence-corrected chi connectivity index (χ4v) is 3.98. The number of benzene rings is 2. The number of nitriles is 1. The van der Waals surface area contributed by atoms with Gasteiger partial charge < -0.3 is 10.2 Å². The summed E-state index contributed by atoms with van der Waals surface area (Å²) in [5, 5.41) is 13.1. The van der Waals surface area contributed by atoms with Gasteiger partial charge in [0.05, 0.1) is 11.6 Å². The number of halogens is 1. The molecule has 1 aliphatic heterocycles. The van der Waals surface area contributed by atoms with Gasteiger partial charge >= 0.3 is 6.03 Å². The van der Waals surface area contributed by atoms with Gasteiger partial charge in [-0.25, -0.2) is 4.79 Å². The Morgan fingerprint density at radius 2 is 2.04 bits per heavy atom. The van der Waals surface area contributed by atoms with Gasteiger partial charge in [0.2, 0.25) is 0 Å². The molecular formula is C23H26ClN3O. The van der Waals surface area contributed by atoms with E-state index in [0.717, 1.165) is 30.5 Å². The van der Waals surface area contributed by atoms with Crippen molar-refractivity contribution >= 4 is 17.6 Å². The van der Waals surface area contributed by atoms with Gasteiger partial charge in [-0.05, 0) is 54.2 Å². The summed E-state index contributed by atoms with van der Waals surface area (Å²) in [5.41, 5.74) is 2.84. The number of urea groups is 1. The predicted molar refractivity (Wildman–Crippen MR) is 113 cm³/mol. The highest BCUT2D eigenvalue weighted by Crippen LogP contribution is 2.33. The molecule has 2 aromatic carbocycles. The molecule has 1 fully saturated rings. The minimum absolute atomic E-state index is 0.00263. The first kappa shape index (κ1) is 20.2. The number of hydrogen-bond donors (Lipinski definition) is 1. The highest BCUT2D eigenvalue weighted by molar-refractivity contribution is 6.30. The second-order valence-electron chi connectivity index (χ2n) is 7.41. The molecule has 1 saturated heterocycles. The molecule has 2 amide bonds. The molecule has 3 rings (SSSR count). The van der Waals surface area contributed by atoms with Crippen LogP contribution >= 0.6 is 11.6 Å². The lowest BCUT2D eigenvalue weighted by molar-refractivity contribution is 0.112.